The van der Waals surface area contributed by atoms with Crippen molar-refractivity contribution in [2.45, 2.75) is 115 Å². The van der Waals surface area contributed by atoms with Gasteiger partial charge >= 0.3 is 0 Å². The second kappa shape index (κ2) is 8.91. The minimum Gasteiger partial charge on any atom is -0.0654 e. The predicted molar refractivity (Wildman–Crippen MR) is 108 cm³/mol. The molecule has 0 saturated carbocycles. The molecule has 0 aromatic carbocycles. The molecule has 0 fully saturated rings. The molecule has 0 amide bonds. The maximum atomic E-state index is 2.57. The second-order valence-electron chi connectivity index (χ2n) is 10.4. The smallest absolute Gasteiger partial charge is 0.0274 e. The fourth-order valence-electron chi connectivity index (χ4n) is 4.91. The minimum atomic E-state index is 0.436. The Morgan fingerprint density at radius 1 is 0.739 bits per heavy atom. The van der Waals surface area contributed by atoms with Crippen LogP contribution in [0.2, 0.25) is 0 Å². The minimum absolute atomic E-state index is 0.436. The van der Waals surface area contributed by atoms with Crippen molar-refractivity contribution in [3.05, 3.63) is 0 Å². The van der Waals surface area contributed by atoms with E-state index in [9.17, 15) is 0 Å². The summed E-state index contributed by atoms with van der Waals surface area (Å²) in [6, 6.07) is 0. The van der Waals surface area contributed by atoms with E-state index in [4.69, 9.17) is 0 Å². The molecule has 0 bridgehead atoms. The van der Waals surface area contributed by atoms with Crippen LogP contribution in [0.15, 0.2) is 0 Å². The molecule has 5 atom stereocenters. The van der Waals surface area contributed by atoms with Gasteiger partial charge in [0.1, 0.15) is 0 Å². The summed E-state index contributed by atoms with van der Waals surface area (Å²) in [7, 11) is 0. The first-order valence-electron chi connectivity index (χ1n) is 10.3. The van der Waals surface area contributed by atoms with Gasteiger partial charge in [-0.25, -0.2) is 0 Å². The molecule has 140 valence electrons. The number of hydrogen-bond acceptors (Lipinski definition) is 0. The molecular weight excluding hydrogens is 276 g/mol. The Labute approximate surface area is 149 Å². The Hall–Kier alpha value is 0. The molecule has 0 saturated heterocycles. The molecule has 0 aliphatic rings. The van der Waals surface area contributed by atoms with E-state index in [1.54, 1.807) is 0 Å². The first-order chi connectivity index (χ1) is 10.3. The zero-order chi connectivity index (χ0) is 18.5. The number of hydrogen-bond donors (Lipinski definition) is 0. The monoisotopic (exact) mass is 324 g/mol. The Balaban J connectivity index is 5.18. The van der Waals surface area contributed by atoms with Crippen molar-refractivity contribution in [3.8, 4) is 0 Å². The van der Waals surface area contributed by atoms with E-state index in [0.29, 0.717) is 16.2 Å². The molecule has 0 aliphatic heterocycles. The third kappa shape index (κ3) is 6.79. The Morgan fingerprint density at radius 2 is 1.26 bits per heavy atom. The fraction of sp³-hybridized carbons (Fsp3) is 1.00. The van der Waals surface area contributed by atoms with Crippen LogP contribution >= 0.6 is 0 Å². The average Bonchev–Trinajstić information content (AvgIpc) is 2.43. The lowest BCUT2D eigenvalue weighted by atomic mass is 9.58. The predicted octanol–water partition coefficient (Wildman–Crippen LogP) is 8.35. The van der Waals surface area contributed by atoms with E-state index < -0.39 is 0 Å². The van der Waals surface area contributed by atoms with Crippen molar-refractivity contribution in [3.63, 3.8) is 0 Å². The van der Waals surface area contributed by atoms with Gasteiger partial charge < -0.3 is 0 Å². The van der Waals surface area contributed by atoms with Gasteiger partial charge in [0.25, 0.3) is 0 Å². The average molecular weight is 325 g/mol. The normalized spacial score (nSPS) is 22.0. The second-order valence-corrected chi connectivity index (χ2v) is 10.4. The Bertz CT molecular complexity index is 323. The van der Waals surface area contributed by atoms with Gasteiger partial charge in [-0.15, -0.1) is 0 Å². The van der Waals surface area contributed by atoms with E-state index in [2.05, 4.69) is 76.2 Å². The summed E-state index contributed by atoms with van der Waals surface area (Å²) in [5, 5.41) is 0. The van der Waals surface area contributed by atoms with Gasteiger partial charge in [0.15, 0.2) is 0 Å². The quantitative estimate of drug-likeness (QED) is 0.378. The molecule has 0 aromatic rings. The van der Waals surface area contributed by atoms with Crippen molar-refractivity contribution >= 4 is 0 Å². The molecule has 23 heavy (non-hydrogen) atoms. The lowest BCUT2D eigenvalue weighted by molar-refractivity contribution is 0.0260. The fourth-order valence-corrected chi connectivity index (χ4v) is 4.91. The highest BCUT2D eigenvalue weighted by Crippen LogP contribution is 2.49. The van der Waals surface area contributed by atoms with E-state index in [-0.39, 0.29) is 0 Å². The highest BCUT2D eigenvalue weighted by molar-refractivity contribution is 4.90. The van der Waals surface area contributed by atoms with Crippen LogP contribution < -0.4 is 0 Å². The standard InChI is InChI=1S/C23H48/c1-12-15-22(10,13-2)17-19(5)23(11,14-3)20(6)18(4)16-21(7,8)9/h18-20H,12-17H2,1-11H3. The van der Waals surface area contributed by atoms with Crippen LogP contribution in [-0.2, 0) is 0 Å². The molecule has 0 heteroatoms. The molecule has 0 heterocycles. The lowest BCUT2D eigenvalue weighted by Gasteiger charge is -2.47. The summed E-state index contributed by atoms with van der Waals surface area (Å²) in [5.41, 5.74) is 1.41. The van der Waals surface area contributed by atoms with Crippen molar-refractivity contribution < 1.29 is 0 Å². The lowest BCUT2D eigenvalue weighted by Crippen LogP contribution is -2.38. The maximum absolute atomic E-state index is 2.57. The van der Waals surface area contributed by atoms with Gasteiger partial charge in [-0.2, -0.15) is 0 Å². The third-order valence-electron chi connectivity index (χ3n) is 7.22. The van der Waals surface area contributed by atoms with E-state index >= 15 is 0 Å². The zero-order valence-corrected chi connectivity index (χ0v) is 18.5. The van der Waals surface area contributed by atoms with E-state index in [0.717, 1.165) is 17.8 Å². The van der Waals surface area contributed by atoms with Gasteiger partial charge in [0, 0.05) is 0 Å². The van der Waals surface area contributed by atoms with Gasteiger partial charge in [-0.05, 0) is 53.3 Å². The van der Waals surface area contributed by atoms with Crippen LogP contribution in [0.4, 0.5) is 0 Å². The Morgan fingerprint density at radius 3 is 1.61 bits per heavy atom. The summed E-state index contributed by atoms with van der Waals surface area (Å²) >= 11 is 0. The first-order valence-corrected chi connectivity index (χ1v) is 10.3. The largest absolute Gasteiger partial charge is 0.0654 e. The molecule has 0 rings (SSSR count). The van der Waals surface area contributed by atoms with Gasteiger partial charge in [0.05, 0.1) is 0 Å². The zero-order valence-electron chi connectivity index (χ0n) is 18.5. The van der Waals surface area contributed by atoms with Gasteiger partial charge in [-0.1, -0.05) is 95.4 Å². The number of rotatable bonds is 10. The Kier molecular flexibility index (Phi) is 8.91. The van der Waals surface area contributed by atoms with Crippen LogP contribution in [-0.4, -0.2) is 0 Å². The summed E-state index contributed by atoms with van der Waals surface area (Å²) in [5.74, 6) is 2.37. The molecular formula is C23H48. The van der Waals surface area contributed by atoms with Crippen LogP contribution in [0.5, 0.6) is 0 Å². The summed E-state index contributed by atoms with van der Waals surface area (Å²) in [4.78, 5) is 0. The molecule has 0 radical (unpaired) electrons. The summed E-state index contributed by atoms with van der Waals surface area (Å²) in [6.07, 6.45) is 8.02. The topological polar surface area (TPSA) is 0 Å². The van der Waals surface area contributed by atoms with Gasteiger partial charge in [0.2, 0.25) is 0 Å². The van der Waals surface area contributed by atoms with Crippen LogP contribution in [0.3, 0.4) is 0 Å². The highest BCUT2D eigenvalue weighted by atomic mass is 14.5. The summed E-state index contributed by atoms with van der Waals surface area (Å²) in [6.45, 7) is 26.9. The molecule has 0 nitrogen and oxygen atoms in total. The SMILES string of the molecule is CCCC(C)(CC)CC(C)C(C)(CC)C(C)C(C)CC(C)(C)C. The van der Waals surface area contributed by atoms with Crippen LogP contribution in [0.25, 0.3) is 0 Å². The van der Waals surface area contributed by atoms with E-state index in [1.165, 1.54) is 38.5 Å². The maximum Gasteiger partial charge on any atom is -0.0274 e. The van der Waals surface area contributed by atoms with E-state index in [1.807, 2.05) is 0 Å². The van der Waals surface area contributed by atoms with Crippen molar-refractivity contribution in [1.82, 2.24) is 0 Å². The first kappa shape index (κ1) is 23.0. The van der Waals surface area contributed by atoms with Crippen LogP contribution in [0, 0.1) is 34.0 Å². The van der Waals surface area contributed by atoms with Crippen molar-refractivity contribution in [2.24, 2.45) is 34.0 Å². The summed E-state index contributed by atoms with van der Waals surface area (Å²) < 4.78 is 0. The third-order valence-corrected chi connectivity index (χ3v) is 7.22. The molecule has 5 unspecified atom stereocenters. The van der Waals surface area contributed by atoms with Crippen molar-refractivity contribution in [2.75, 3.05) is 0 Å². The van der Waals surface area contributed by atoms with Gasteiger partial charge in [-0.3, -0.25) is 0 Å². The van der Waals surface area contributed by atoms with Crippen LogP contribution in [0.1, 0.15) is 115 Å². The molecule has 0 aliphatic carbocycles. The van der Waals surface area contributed by atoms with Crippen molar-refractivity contribution in [1.29, 1.82) is 0 Å². The molecule has 0 aromatic heterocycles. The molecule has 0 spiro atoms. The molecule has 0 N–H and O–H groups in total. The highest BCUT2D eigenvalue weighted by Gasteiger charge is 2.40.